The summed E-state index contributed by atoms with van der Waals surface area (Å²) < 4.78 is 0. The summed E-state index contributed by atoms with van der Waals surface area (Å²) in [6.45, 7) is 7.90. The Hall–Kier alpha value is -3.51. The van der Waals surface area contributed by atoms with Crippen molar-refractivity contribution in [3.63, 3.8) is 0 Å². The van der Waals surface area contributed by atoms with Crippen molar-refractivity contribution < 1.29 is 33.6 Å². The number of carbonyl (C=O) groups excluding carboxylic acids is 7. The quantitative estimate of drug-likeness (QED) is 0.168. The summed E-state index contributed by atoms with van der Waals surface area (Å²) in [5, 5.41) is 14.1. The molecule has 0 spiro atoms. The fourth-order valence-corrected chi connectivity index (χ4v) is 9.29. The molecule has 5 aliphatic rings. The zero-order valence-electron chi connectivity index (χ0n) is 33.1. The second-order valence-corrected chi connectivity index (χ2v) is 17.9. The monoisotopic (exact) mass is 754 g/mol. The molecule has 302 valence electrons. The SMILES string of the molecule is CCC[C@H](NC(=O)C1CC2CCCCC2N1C(=O)[C@@H](NC(=O)[C@@H](NC(=O)C(=O)NCC1CCCCC1)C1CCCCC1)C(C)(C)C)C(=O)C(=O)NC1CC1. The van der Waals surface area contributed by atoms with Crippen LogP contribution in [0.4, 0.5) is 0 Å². The van der Waals surface area contributed by atoms with E-state index in [0.717, 1.165) is 83.5 Å². The number of rotatable bonds is 14. The molecule has 4 aliphatic carbocycles. The molecule has 0 bridgehead atoms. The molecule has 1 aliphatic heterocycles. The van der Waals surface area contributed by atoms with E-state index in [2.05, 4.69) is 26.6 Å². The van der Waals surface area contributed by atoms with Gasteiger partial charge in [-0.2, -0.15) is 0 Å². The van der Waals surface area contributed by atoms with Crippen LogP contribution in [0.15, 0.2) is 0 Å². The number of likely N-dealkylation sites (tertiary alicyclic amines) is 1. The maximum Gasteiger partial charge on any atom is 0.309 e. The van der Waals surface area contributed by atoms with Crippen LogP contribution in [0.5, 0.6) is 0 Å². The third-order valence-electron chi connectivity index (χ3n) is 12.6. The molecule has 5 rings (SSSR count). The minimum Gasteiger partial charge on any atom is -0.348 e. The zero-order valence-corrected chi connectivity index (χ0v) is 33.1. The Kier molecular flexibility index (Phi) is 14.6. The van der Waals surface area contributed by atoms with E-state index >= 15 is 0 Å². The van der Waals surface area contributed by atoms with Gasteiger partial charge in [-0.25, -0.2) is 0 Å². The highest BCUT2D eigenvalue weighted by molar-refractivity contribution is 6.38. The third-order valence-corrected chi connectivity index (χ3v) is 12.6. The number of hydrogen-bond acceptors (Lipinski definition) is 7. The molecule has 5 N–H and O–H groups in total. The summed E-state index contributed by atoms with van der Waals surface area (Å²) in [7, 11) is 0. The van der Waals surface area contributed by atoms with E-state index in [1.807, 2.05) is 27.7 Å². The first-order valence-corrected chi connectivity index (χ1v) is 21.1. The van der Waals surface area contributed by atoms with E-state index in [4.69, 9.17) is 0 Å². The second-order valence-electron chi connectivity index (χ2n) is 17.9. The highest BCUT2D eigenvalue weighted by atomic mass is 16.2. The molecule has 6 amide bonds. The van der Waals surface area contributed by atoms with Crippen LogP contribution in [0.1, 0.15) is 150 Å². The highest BCUT2D eigenvalue weighted by Gasteiger charge is 2.51. The van der Waals surface area contributed by atoms with E-state index in [1.165, 1.54) is 6.42 Å². The standard InChI is InChI=1S/C41H66N6O7/c1-5-14-29(33(48)37(51)43-28-21-22-28)44-35(49)31-23-27-19-12-13-20-30(27)47(31)40(54)34(41(2,3)4)46-36(50)32(26-17-10-7-11-18-26)45-39(53)38(52)42-24-25-15-8-6-9-16-25/h25-32,34H,5-24H2,1-4H3,(H,42,52)(H,43,51)(H,44,49)(H,45,53)(H,46,50)/t27?,29-,30?,31?,32-,34+/m0/s1. The van der Waals surface area contributed by atoms with Gasteiger partial charge in [-0.15, -0.1) is 0 Å². The van der Waals surface area contributed by atoms with Crippen LogP contribution in [0, 0.1) is 23.2 Å². The number of fused-ring (bicyclic) bond motifs is 1. The van der Waals surface area contributed by atoms with Crippen molar-refractivity contribution in [3.05, 3.63) is 0 Å². The van der Waals surface area contributed by atoms with Crippen molar-refractivity contribution in [1.29, 1.82) is 0 Å². The highest BCUT2D eigenvalue weighted by Crippen LogP contribution is 2.41. The number of Topliss-reactive ketones (excluding diaryl/α,β-unsaturated/α-hetero) is 1. The lowest BCUT2D eigenvalue weighted by Gasteiger charge is -2.40. The van der Waals surface area contributed by atoms with Crippen molar-refractivity contribution in [2.45, 2.75) is 186 Å². The van der Waals surface area contributed by atoms with Gasteiger partial charge in [0.25, 0.3) is 5.91 Å². The van der Waals surface area contributed by atoms with Crippen LogP contribution < -0.4 is 26.6 Å². The summed E-state index contributed by atoms with van der Waals surface area (Å²) in [6.07, 6.45) is 16.2. The number of amides is 6. The second kappa shape index (κ2) is 18.9. The van der Waals surface area contributed by atoms with Crippen LogP contribution >= 0.6 is 0 Å². The number of hydrogen-bond donors (Lipinski definition) is 5. The van der Waals surface area contributed by atoms with Crippen LogP contribution in [0.2, 0.25) is 0 Å². The predicted octanol–water partition coefficient (Wildman–Crippen LogP) is 3.57. The van der Waals surface area contributed by atoms with Gasteiger partial charge in [0.2, 0.25) is 23.5 Å². The maximum atomic E-state index is 14.9. The van der Waals surface area contributed by atoms with E-state index in [1.54, 1.807) is 4.90 Å². The normalized spacial score (nSPS) is 25.3. The lowest BCUT2D eigenvalue weighted by Crippen LogP contribution is -2.63. The lowest BCUT2D eigenvalue weighted by molar-refractivity contribution is -0.148. The third kappa shape index (κ3) is 10.8. The molecule has 0 aromatic rings. The van der Waals surface area contributed by atoms with Crippen LogP contribution in [-0.2, 0) is 33.6 Å². The average molecular weight is 755 g/mol. The molecule has 5 fully saturated rings. The Morgan fingerprint density at radius 1 is 0.704 bits per heavy atom. The Morgan fingerprint density at radius 3 is 1.96 bits per heavy atom. The van der Waals surface area contributed by atoms with Gasteiger partial charge in [0, 0.05) is 18.6 Å². The first kappa shape index (κ1) is 41.6. The van der Waals surface area contributed by atoms with Crippen molar-refractivity contribution >= 4 is 41.2 Å². The summed E-state index contributed by atoms with van der Waals surface area (Å²) >= 11 is 0. The molecule has 0 radical (unpaired) electrons. The Balaban J connectivity index is 1.33. The smallest absolute Gasteiger partial charge is 0.309 e. The van der Waals surface area contributed by atoms with Crippen LogP contribution in [-0.4, -0.2) is 88.9 Å². The number of nitrogens with zero attached hydrogens (tertiary/aromatic N) is 1. The zero-order chi connectivity index (χ0) is 39.0. The average Bonchev–Trinajstić information content (AvgIpc) is 3.89. The van der Waals surface area contributed by atoms with Crippen molar-refractivity contribution in [2.75, 3.05) is 6.54 Å². The maximum absolute atomic E-state index is 14.9. The summed E-state index contributed by atoms with van der Waals surface area (Å²) in [6, 6.07) is -4.11. The Morgan fingerprint density at radius 2 is 1.33 bits per heavy atom. The molecule has 54 heavy (non-hydrogen) atoms. The largest absolute Gasteiger partial charge is 0.348 e. The minimum atomic E-state index is -1.04. The van der Waals surface area contributed by atoms with Crippen LogP contribution in [0.3, 0.4) is 0 Å². The van der Waals surface area contributed by atoms with Gasteiger partial charge >= 0.3 is 11.8 Å². The molecule has 1 saturated heterocycles. The lowest BCUT2D eigenvalue weighted by atomic mass is 9.81. The molecule has 0 aromatic carbocycles. The first-order chi connectivity index (χ1) is 25.8. The Labute approximate surface area is 321 Å². The molecular formula is C41H66N6O7. The van der Waals surface area contributed by atoms with Gasteiger partial charge in [0.15, 0.2) is 0 Å². The number of ketones is 1. The van der Waals surface area contributed by atoms with E-state index in [0.29, 0.717) is 44.6 Å². The molecule has 13 nitrogen and oxygen atoms in total. The summed E-state index contributed by atoms with van der Waals surface area (Å²) in [5.74, 6) is -4.09. The van der Waals surface area contributed by atoms with Gasteiger partial charge in [-0.3, -0.25) is 33.6 Å². The van der Waals surface area contributed by atoms with Crippen molar-refractivity contribution in [1.82, 2.24) is 31.5 Å². The minimum absolute atomic E-state index is 0.00414. The Bertz CT molecular complexity index is 1380. The number of nitrogens with one attached hydrogen (secondary N) is 5. The molecule has 0 aromatic heterocycles. The van der Waals surface area contributed by atoms with Gasteiger partial charge in [0.1, 0.15) is 18.1 Å². The summed E-state index contributed by atoms with van der Waals surface area (Å²) in [4.78, 5) is 97.2. The van der Waals surface area contributed by atoms with E-state index in [9.17, 15) is 33.6 Å². The first-order valence-electron chi connectivity index (χ1n) is 21.1. The molecule has 4 saturated carbocycles. The van der Waals surface area contributed by atoms with Gasteiger partial charge < -0.3 is 31.5 Å². The number of carbonyl (C=O) groups is 7. The van der Waals surface area contributed by atoms with E-state index < -0.39 is 64.9 Å². The molecular weight excluding hydrogens is 688 g/mol. The predicted molar refractivity (Wildman–Crippen MR) is 203 cm³/mol. The van der Waals surface area contributed by atoms with Gasteiger partial charge in [0.05, 0.1) is 6.04 Å². The van der Waals surface area contributed by atoms with Gasteiger partial charge in [-0.1, -0.05) is 85.5 Å². The summed E-state index contributed by atoms with van der Waals surface area (Å²) in [5.41, 5.74) is -0.777. The van der Waals surface area contributed by atoms with Gasteiger partial charge in [-0.05, 0) is 87.4 Å². The topological polar surface area (TPSA) is 183 Å². The van der Waals surface area contributed by atoms with Crippen LogP contribution in [0.25, 0.3) is 0 Å². The molecule has 3 unspecified atom stereocenters. The molecule has 6 atom stereocenters. The van der Waals surface area contributed by atoms with E-state index in [-0.39, 0.29) is 29.8 Å². The fraction of sp³-hybridized carbons (Fsp3) is 0.829. The molecule has 1 heterocycles. The van der Waals surface area contributed by atoms with Crippen molar-refractivity contribution in [2.24, 2.45) is 23.2 Å². The molecule has 13 heteroatoms. The fourth-order valence-electron chi connectivity index (χ4n) is 9.29. The van der Waals surface area contributed by atoms with Crippen molar-refractivity contribution in [3.8, 4) is 0 Å².